The third-order valence-corrected chi connectivity index (χ3v) is 16.5. The number of carbonyl (C=O) groups is 2. The van der Waals surface area contributed by atoms with Crippen LogP contribution in [-0.2, 0) is 19.1 Å². The maximum Gasteiger partial charge on any atom is 0.232 e. The molecule has 8 aliphatic rings. The largest absolute Gasteiger partial charge is 0.353 e. The second-order valence-corrected chi connectivity index (χ2v) is 18.8. The lowest BCUT2D eigenvalue weighted by Gasteiger charge is -2.61. The van der Waals surface area contributed by atoms with Gasteiger partial charge in [-0.05, 0) is 124 Å². The molecule has 4 saturated carbocycles. The van der Waals surface area contributed by atoms with Gasteiger partial charge in [0.25, 0.3) is 0 Å². The number of rotatable bonds is 4. The Morgan fingerprint density at radius 1 is 0.812 bits per heavy atom. The van der Waals surface area contributed by atoms with E-state index >= 15 is 0 Å². The number of likely N-dealkylation sites (tertiary alicyclic amines) is 1. The molecule has 12 atom stereocenters. The molecule has 4 heterocycles. The van der Waals surface area contributed by atoms with Gasteiger partial charge in [-0.1, -0.05) is 27.7 Å². The van der Waals surface area contributed by atoms with Gasteiger partial charge in [0, 0.05) is 63.7 Å². The molecule has 8 fully saturated rings. The van der Waals surface area contributed by atoms with Crippen molar-refractivity contribution >= 4 is 11.8 Å². The molecule has 48 heavy (non-hydrogen) atoms. The first kappa shape index (κ1) is 33.9. The van der Waals surface area contributed by atoms with Crippen molar-refractivity contribution < 1.29 is 19.1 Å². The van der Waals surface area contributed by atoms with E-state index in [0.29, 0.717) is 46.6 Å². The van der Waals surface area contributed by atoms with Crippen molar-refractivity contribution in [2.75, 3.05) is 52.9 Å². The van der Waals surface area contributed by atoms with Gasteiger partial charge in [0.05, 0.1) is 12.7 Å². The Bertz CT molecular complexity index is 1210. The van der Waals surface area contributed by atoms with Gasteiger partial charge in [-0.25, -0.2) is 0 Å². The Balaban J connectivity index is 0.831. The van der Waals surface area contributed by atoms with Gasteiger partial charge in [-0.3, -0.25) is 14.5 Å². The third-order valence-electron chi connectivity index (χ3n) is 16.5. The molecule has 1 unspecified atom stereocenters. The number of hydrogen-bond acceptors (Lipinski definition) is 6. The minimum absolute atomic E-state index is 0.0107. The molecular formula is C40H66N4O4. The maximum absolute atomic E-state index is 13.2. The zero-order valence-electron chi connectivity index (χ0n) is 30.9. The average Bonchev–Trinajstić information content (AvgIpc) is 3.52. The maximum atomic E-state index is 13.2. The van der Waals surface area contributed by atoms with Crippen LogP contribution in [0.3, 0.4) is 0 Å². The van der Waals surface area contributed by atoms with Gasteiger partial charge in [0.2, 0.25) is 11.8 Å². The number of piperazine rings is 1. The van der Waals surface area contributed by atoms with Crippen LogP contribution in [0.2, 0.25) is 0 Å². The fourth-order valence-electron chi connectivity index (χ4n) is 13.6. The molecule has 8 heteroatoms. The summed E-state index contributed by atoms with van der Waals surface area (Å²) in [7, 11) is 2.20. The summed E-state index contributed by atoms with van der Waals surface area (Å²) in [6.07, 6.45) is 14.6. The van der Waals surface area contributed by atoms with Crippen molar-refractivity contribution in [2.45, 2.75) is 135 Å². The number of amides is 2. The SMILES string of the molecule is C[C@@H]1CC[C@@]2(OC1)O[C@H]1C[C@H]3[C@@H]4CC[C@@H]5C[C@H](NC(=O)CC(=O)N6CCC(N7CCN(C)CC7)CC6)CC[C@]5(C)C4CC[C@]3(C)[C@H]1[C@@H]2C. The molecule has 4 aliphatic carbocycles. The zero-order chi connectivity index (χ0) is 33.4. The van der Waals surface area contributed by atoms with E-state index < -0.39 is 0 Å². The molecule has 8 rings (SSSR count). The van der Waals surface area contributed by atoms with Crippen molar-refractivity contribution in [1.29, 1.82) is 0 Å². The Morgan fingerprint density at radius 3 is 2.29 bits per heavy atom. The Kier molecular flexibility index (Phi) is 9.02. The molecule has 1 spiro atoms. The van der Waals surface area contributed by atoms with Crippen LogP contribution in [0.4, 0.5) is 0 Å². The summed E-state index contributed by atoms with van der Waals surface area (Å²) in [6, 6.07) is 0.796. The van der Waals surface area contributed by atoms with Crippen LogP contribution in [0.1, 0.15) is 111 Å². The fourth-order valence-corrected chi connectivity index (χ4v) is 13.6. The lowest BCUT2D eigenvalue weighted by Crippen LogP contribution is -2.56. The van der Waals surface area contributed by atoms with Gasteiger partial charge in [0.1, 0.15) is 6.42 Å². The van der Waals surface area contributed by atoms with Crippen LogP contribution >= 0.6 is 0 Å². The molecule has 1 N–H and O–H groups in total. The van der Waals surface area contributed by atoms with E-state index in [1.54, 1.807) is 0 Å². The van der Waals surface area contributed by atoms with Crippen LogP contribution in [0, 0.1) is 52.3 Å². The number of nitrogens with one attached hydrogen (secondary N) is 1. The molecule has 270 valence electrons. The lowest BCUT2D eigenvalue weighted by molar-refractivity contribution is -0.273. The molecule has 0 aromatic heterocycles. The minimum Gasteiger partial charge on any atom is -0.353 e. The number of ether oxygens (including phenoxy) is 2. The topological polar surface area (TPSA) is 74.3 Å². The predicted octanol–water partition coefficient (Wildman–Crippen LogP) is 5.55. The molecule has 2 amide bonds. The van der Waals surface area contributed by atoms with Crippen LogP contribution in [0.15, 0.2) is 0 Å². The molecule has 0 aromatic rings. The van der Waals surface area contributed by atoms with E-state index in [2.05, 4.69) is 49.9 Å². The van der Waals surface area contributed by atoms with Crippen molar-refractivity contribution in [3.8, 4) is 0 Å². The van der Waals surface area contributed by atoms with Crippen molar-refractivity contribution in [3.63, 3.8) is 0 Å². The molecule has 0 radical (unpaired) electrons. The molecular weight excluding hydrogens is 600 g/mol. The average molecular weight is 667 g/mol. The van der Waals surface area contributed by atoms with Crippen LogP contribution in [0.25, 0.3) is 0 Å². The zero-order valence-corrected chi connectivity index (χ0v) is 30.9. The van der Waals surface area contributed by atoms with Gasteiger partial charge in [-0.2, -0.15) is 0 Å². The summed E-state index contributed by atoms with van der Waals surface area (Å²) in [5, 5.41) is 3.35. The number of carbonyl (C=O) groups excluding carboxylic acids is 2. The number of likely N-dealkylation sites (N-methyl/N-ethyl adjacent to an activating group) is 1. The van der Waals surface area contributed by atoms with E-state index in [4.69, 9.17) is 9.47 Å². The minimum atomic E-state index is -0.328. The first-order chi connectivity index (χ1) is 23.0. The van der Waals surface area contributed by atoms with Crippen LogP contribution in [-0.4, -0.2) is 103 Å². The molecule has 4 saturated heterocycles. The summed E-state index contributed by atoms with van der Waals surface area (Å²) < 4.78 is 13.5. The van der Waals surface area contributed by atoms with Crippen molar-refractivity contribution in [2.24, 2.45) is 52.3 Å². The molecule has 0 aromatic carbocycles. The highest BCUT2D eigenvalue weighted by Crippen LogP contribution is 2.71. The first-order valence-electron chi connectivity index (χ1n) is 20.3. The highest BCUT2D eigenvalue weighted by molar-refractivity contribution is 5.97. The van der Waals surface area contributed by atoms with E-state index in [1.165, 1.54) is 44.9 Å². The van der Waals surface area contributed by atoms with Gasteiger partial charge < -0.3 is 24.6 Å². The summed E-state index contributed by atoms with van der Waals surface area (Å²) in [5.74, 6) is 4.41. The predicted molar refractivity (Wildman–Crippen MR) is 187 cm³/mol. The van der Waals surface area contributed by atoms with E-state index in [1.807, 2.05) is 4.90 Å². The Hall–Kier alpha value is -1.22. The molecule has 4 aliphatic heterocycles. The van der Waals surface area contributed by atoms with Gasteiger partial charge in [0.15, 0.2) is 5.79 Å². The summed E-state index contributed by atoms with van der Waals surface area (Å²) in [4.78, 5) is 33.3. The lowest BCUT2D eigenvalue weighted by atomic mass is 9.44. The number of nitrogens with zero attached hydrogens (tertiary/aromatic N) is 3. The quantitative estimate of drug-likeness (QED) is 0.397. The number of hydrogen-bond donors (Lipinski definition) is 1. The summed E-state index contributed by atoms with van der Waals surface area (Å²) >= 11 is 0. The molecule has 8 nitrogen and oxygen atoms in total. The van der Waals surface area contributed by atoms with Crippen LogP contribution in [0.5, 0.6) is 0 Å². The Labute approximate surface area is 290 Å². The van der Waals surface area contributed by atoms with E-state index in [9.17, 15) is 9.59 Å². The van der Waals surface area contributed by atoms with Crippen molar-refractivity contribution in [1.82, 2.24) is 20.0 Å². The smallest absolute Gasteiger partial charge is 0.232 e. The molecule has 0 bridgehead atoms. The third kappa shape index (κ3) is 5.69. The number of fused-ring (bicyclic) bond motifs is 7. The van der Waals surface area contributed by atoms with E-state index in [-0.39, 0.29) is 30.1 Å². The van der Waals surface area contributed by atoms with Crippen LogP contribution < -0.4 is 5.32 Å². The highest BCUT2D eigenvalue weighted by Gasteiger charge is 2.69. The Morgan fingerprint density at radius 2 is 1.56 bits per heavy atom. The fraction of sp³-hybridized carbons (Fsp3) is 0.950. The second kappa shape index (κ2) is 12.8. The summed E-state index contributed by atoms with van der Waals surface area (Å²) in [6.45, 7) is 17.0. The van der Waals surface area contributed by atoms with Crippen molar-refractivity contribution in [3.05, 3.63) is 0 Å². The summed E-state index contributed by atoms with van der Waals surface area (Å²) in [5.41, 5.74) is 0.728. The van der Waals surface area contributed by atoms with Gasteiger partial charge >= 0.3 is 0 Å². The highest BCUT2D eigenvalue weighted by atomic mass is 16.7. The van der Waals surface area contributed by atoms with Gasteiger partial charge in [-0.15, -0.1) is 0 Å². The van der Waals surface area contributed by atoms with E-state index in [0.717, 1.165) is 95.7 Å². The first-order valence-corrected chi connectivity index (χ1v) is 20.3. The monoisotopic (exact) mass is 667 g/mol. The number of piperidine rings is 1. The second-order valence-electron chi connectivity index (χ2n) is 18.8. The standard InChI is InChI=1S/C40H66N4O4/c1-26-8-15-40(47-25-26)27(2)37-34(48-40)23-33-31-7-6-28-22-29(9-13-38(28,3)32(31)10-14-39(33,37)4)41-35(45)24-36(46)44-16-11-30(12-17-44)43-20-18-42(5)19-21-43/h26-34,37H,6-25H2,1-5H3,(H,41,45)/t26-,27+,28-,29-,31-,32?,33+,34+,37+,38+,39+,40-/m1/s1. The normalized spacial score (nSPS) is 48.4.